The van der Waals surface area contributed by atoms with Gasteiger partial charge in [-0.2, -0.15) is 0 Å². The molecule has 2 aromatic carbocycles. The highest BCUT2D eigenvalue weighted by molar-refractivity contribution is 5.92. The highest BCUT2D eigenvalue weighted by Crippen LogP contribution is 2.39. The summed E-state index contributed by atoms with van der Waals surface area (Å²) in [6.45, 7) is 7.85. The zero-order valence-corrected chi connectivity index (χ0v) is 19.3. The van der Waals surface area contributed by atoms with Crippen LogP contribution in [0, 0.1) is 6.92 Å². The molecule has 2 atom stereocenters. The van der Waals surface area contributed by atoms with Crippen LogP contribution >= 0.6 is 0 Å². The number of fused-ring (bicyclic) bond motifs is 2. The van der Waals surface area contributed by atoms with E-state index in [1.807, 2.05) is 75.1 Å². The van der Waals surface area contributed by atoms with Gasteiger partial charge in [0.2, 0.25) is 0 Å². The van der Waals surface area contributed by atoms with Gasteiger partial charge < -0.3 is 9.47 Å². The quantitative estimate of drug-likeness (QED) is 0.563. The van der Waals surface area contributed by atoms with Crippen molar-refractivity contribution in [2.24, 2.45) is 0 Å². The van der Waals surface area contributed by atoms with E-state index in [4.69, 9.17) is 9.47 Å². The normalized spacial score (nSPS) is 20.0. The predicted molar refractivity (Wildman–Crippen MR) is 124 cm³/mol. The fourth-order valence-corrected chi connectivity index (χ4v) is 4.49. The molecule has 32 heavy (non-hydrogen) atoms. The van der Waals surface area contributed by atoms with Crippen LogP contribution in [0.25, 0.3) is 5.57 Å². The third kappa shape index (κ3) is 4.87. The Labute approximate surface area is 190 Å². The van der Waals surface area contributed by atoms with Crippen molar-refractivity contribution in [2.75, 3.05) is 0 Å². The monoisotopic (exact) mass is 433 g/mol. The first-order valence-electron chi connectivity index (χ1n) is 11.3. The van der Waals surface area contributed by atoms with Crippen LogP contribution in [-0.4, -0.2) is 34.6 Å². The first-order chi connectivity index (χ1) is 15.2. The summed E-state index contributed by atoms with van der Waals surface area (Å²) in [4.78, 5) is 27.4. The summed E-state index contributed by atoms with van der Waals surface area (Å²) in [6.07, 6.45) is 4.58. The van der Waals surface area contributed by atoms with Gasteiger partial charge >= 0.3 is 12.1 Å². The molecule has 2 bridgehead atoms. The smallest absolute Gasteiger partial charge is 0.411 e. The number of rotatable bonds is 4. The molecular formula is C27H31NO4. The van der Waals surface area contributed by atoms with Gasteiger partial charge in [-0.25, -0.2) is 9.59 Å². The topological polar surface area (TPSA) is 55.8 Å². The molecule has 168 valence electrons. The molecule has 2 heterocycles. The Bertz CT molecular complexity index is 1040. The van der Waals surface area contributed by atoms with Gasteiger partial charge in [-0.3, -0.25) is 4.90 Å². The molecule has 2 aliphatic rings. The van der Waals surface area contributed by atoms with E-state index in [1.54, 1.807) is 0 Å². The molecule has 0 saturated carbocycles. The molecule has 0 spiro atoms. The van der Waals surface area contributed by atoms with E-state index in [2.05, 4.69) is 12.1 Å². The summed E-state index contributed by atoms with van der Waals surface area (Å²) in [5.41, 5.74) is 4.12. The van der Waals surface area contributed by atoms with Crippen molar-refractivity contribution in [3.8, 4) is 0 Å². The van der Waals surface area contributed by atoms with E-state index in [0.29, 0.717) is 5.56 Å². The van der Waals surface area contributed by atoms with Crippen LogP contribution in [0.2, 0.25) is 0 Å². The maximum atomic E-state index is 12.8. The van der Waals surface area contributed by atoms with E-state index in [1.165, 1.54) is 5.57 Å². The number of hydrogen-bond donors (Lipinski definition) is 0. The molecule has 4 rings (SSSR count). The van der Waals surface area contributed by atoms with Gasteiger partial charge in [0.05, 0.1) is 11.6 Å². The summed E-state index contributed by atoms with van der Waals surface area (Å²) in [5, 5.41) is 0. The minimum absolute atomic E-state index is 0.0355. The Kier molecular flexibility index (Phi) is 6.09. The molecule has 5 heteroatoms. The highest BCUT2D eigenvalue weighted by Gasteiger charge is 2.41. The van der Waals surface area contributed by atoms with E-state index >= 15 is 0 Å². The molecule has 0 aliphatic carbocycles. The highest BCUT2D eigenvalue weighted by atomic mass is 16.6. The largest absolute Gasteiger partial charge is 0.457 e. The molecule has 0 aromatic heterocycles. The molecule has 2 aromatic rings. The van der Waals surface area contributed by atoms with Crippen LogP contribution < -0.4 is 0 Å². The van der Waals surface area contributed by atoms with Crippen molar-refractivity contribution >= 4 is 17.6 Å². The van der Waals surface area contributed by atoms with E-state index in [0.717, 1.165) is 36.0 Å². The number of carbonyl (C=O) groups is 2. The maximum absolute atomic E-state index is 12.8. The van der Waals surface area contributed by atoms with Crippen LogP contribution in [0.5, 0.6) is 0 Å². The number of benzene rings is 2. The molecule has 2 aliphatic heterocycles. The van der Waals surface area contributed by atoms with Crippen molar-refractivity contribution in [3.05, 3.63) is 76.9 Å². The number of carbonyl (C=O) groups excluding carboxylic acids is 2. The van der Waals surface area contributed by atoms with E-state index < -0.39 is 5.60 Å². The predicted octanol–water partition coefficient (Wildman–Crippen LogP) is 5.91. The average Bonchev–Trinajstić information content (AvgIpc) is 3.02. The molecule has 1 fully saturated rings. The lowest BCUT2D eigenvalue weighted by atomic mass is 9.92. The van der Waals surface area contributed by atoms with E-state index in [-0.39, 0.29) is 30.8 Å². The van der Waals surface area contributed by atoms with Crippen LogP contribution in [0.4, 0.5) is 4.79 Å². The number of hydrogen-bond acceptors (Lipinski definition) is 4. The second-order valence-corrected chi connectivity index (χ2v) is 9.67. The fourth-order valence-electron chi connectivity index (χ4n) is 4.49. The van der Waals surface area contributed by atoms with E-state index in [9.17, 15) is 9.59 Å². The lowest BCUT2D eigenvalue weighted by molar-refractivity contribution is 0.0175. The van der Waals surface area contributed by atoms with Crippen molar-refractivity contribution in [2.45, 2.75) is 71.2 Å². The zero-order valence-electron chi connectivity index (χ0n) is 19.3. The van der Waals surface area contributed by atoms with Crippen molar-refractivity contribution in [1.29, 1.82) is 0 Å². The standard InChI is InChI=1S/C27H31NO4/c1-18-10-11-20(16-24(18)25(29)31-17-19-8-6-5-7-9-19)21-14-22-12-13-23(15-21)28(22)26(30)32-27(2,3)4/h5-11,14,16,22-23H,12-13,15,17H2,1-4H3/t22-,23+/m0/s1. The second kappa shape index (κ2) is 8.81. The number of nitrogens with zero attached hydrogens (tertiary/aromatic N) is 1. The minimum Gasteiger partial charge on any atom is -0.457 e. The lowest BCUT2D eigenvalue weighted by Gasteiger charge is -2.35. The Balaban J connectivity index is 1.50. The summed E-state index contributed by atoms with van der Waals surface area (Å²) in [6, 6.07) is 15.8. The molecular weight excluding hydrogens is 402 g/mol. The fraction of sp³-hybridized carbons (Fsp3) is 0.407. The number of aryl methyl sites for hydroxylation is 1. The third-order valence-corrected chi connectivity index (χ3v) is 6.04. The van der Waals surface area contributed by atoms with Gasteiger partial charge in [0.15, 0.2) is 0 Å². The summed E-state index contributed by atoms with van der Waals surface area (Å²) in [7, 11) is 0. The van der Waals surface area contributed by atoms with Gasteiger partial charge in [-0.1, -0.05) is 48.5 Å². The van der Waals surface area contributed by atoms with Crippen LogP contribution in [0.15, 0.2) is 54.6 Å². The first kappa shape index (κ1) is 22.1. The minimum atomic E-state index is -0.507. The van der Waals surface area contributed by atoms with Gasteiger partial charge in [0.25, 0.3) is 0 Å². The van der Waals surface area contributed by atoms with Gasteiger partial charge in [-0.05, 0) is 75.3 Å². The van der Waals surface area contributed by atoms with Gasteiger partial charge in [0.1, 0.15) is 12.2 Å². The molecule has 0 N–H and O–H groups in total. The first-order valence-corrected chi connectivity index (χ1v) is 11.3. The number of amides is 1. The zero-order chi connectivity index (χ0) is 22.9. The van der Waals surface area contributed by atoms with Crippen LogP contribution in [0.1, 0.15) is 67.1 Å². The summed E-state index contributed by atoms with van der Waals surface area (Å²) < 4.78 is 11.2. The van der Waals surface area contributed by atoms with Crippen LogP contribution in [-0.2, 0) is 16.1 Å². The number of esters is 1. The summed E-state index contributed by atoms with van der Waals surface area (Å²) in [5.74, 6) is -0.317. The van der Waals surface area contributed by atoms with Gasteiger partial charge in [0, 0.05) is 6.04 Å². The average molecular weight is 434 g/mol. The third-order valence-electron chi connectivity index (χ3n) is 6.04. The summed E-state index contributed by atoms with van der Waals surface area (Å²) >= 11 is 0. The van der Waals surface area contributed by atoms with Crippen molar-refractivity contribution in [3.63, 3.8) is 0 Å². The van der Waals surface area contributed by atoms with Crippen molar-refractivity contribution in [1.82, 2.24) is 4.90 Å². The Morgan fingerprint density at radius 3 is 2.50 bits per heavy atom. The molecule has 0 radical (unpaired) electrons. The second-order valence-electron chi connectivity index (χ2n) is 9.67. The SMILES string of the molecule is Cc1ccc(C2=C[C@@H]3CC[C@H](C2)N3C(=O)OC(C)(C)C)cc1C(=O)OCc1ccccc1. The molecule has 1 amide bonds. The molecule has 1 saturated heterocycles. The Morgan fingerprint density at radius 1 is 1.06 bits per heavy atom. The lowest BCUT2D eigenvalue weighted by Crippen LogP contribution is -2.45. The van der Waals surface area contributed by atoms with Crippen molar-refractivity contribution < 1.29 is 19.1 Å². The van der Waals surface area contributed by atoms with Gasteiger partial charge in [-0.15, -0.1) is 0 Å². The molecule has 5 nitrogen and oxygen atoms in total. The Morgan fingerprint density at radius 2 is 1.81 bits per heavy atom. The Hall–Kier alpha value is -3.08. The maximum Gasteiger partial charge on any atom is 0.411 e. The van der Waals surface area contributed by atoms with Crippen LogP contribution in [0.3, 0.4) is 0 Å². The molecule has 0 unspecified atom stereocenters. The number of ether oxygens (including phenoxy) is 2.